The van der Waals surface area contributed by atoms with Crippen molar-refractivity contribution in [2.45, 2.75) is 32.1 Å². The van der Waals surface area contributed by atoms with Gasteiger partial charge < -0.3 is 19.1 Å². The highest BCUT2D eigenvalue weighted by atomic mass is 32.2. The number of anilines is 1. The second kappa shape index (κ2) is 10.1. The van der Waals surface area contributed by atoms with Crippen LogP contribution >= 0.6 is 0 Å². The zero-order chi connectivity index (χ0) is 25.2. The first-order valence-corrected chi connectivity index (χ1v) is 13.3. The van der Waals surface area contributed by atoms with E-state index in [9.17, 15) is 13.2 Å². The number of ether oxygens (including phenoxy) is 1. The Hall–Kier alpha value is -3.33. The predicted octanol–water partition coefficient (Wildman–Crippen LogP) is 3.79. The normalized spacial score (nSPS) is 14.3. The summed E-state index contributed by atoms with van der Waals surface area (Å²) < 4.78 is 37.0. The van der Waals surface area contributed by atoms with Crippen LogP contribution in [0.5, 0.6) is 5.75 Å². The average Bonchev–Trinajstić information content (AvgIpc) is 3.21. The Kier molecular flexibility index (Phi) is 7.16. The van der Waals surface area contributed by atoms with Gasteiger partial charge in [-0.15, -0.1) is 0 Å². The Morgan fingerprint density at radius 3 is 2.46 bits per heavy atom. The van der Waals surface area contributed by atoms with Crippen LogP contribution in [-0.4, -0.2) is 63.4 Å². The molecule has 3 aromatic rings. The topological polar surface area (TPSA) is 93.0 Å². The standard InChI is InChI=1S/C26H31N3O5S/c1-18-8-9-21(26-19(2)20(3)27-34-26)16-24(18)35(31,32)15-10-25(30)29-13-11-28(12-14-29)22-6-5-7-23(17-22)33-4/h5-9,16-17H,10-15H2,1-4H3. The van der Waals surface area contributed by atoms with Gasteiger partial charge in [0.1, 0.15) is 5.75 Å². The average molecular weight is 498 g/mol. The van der Waals surface area contributed by atoms with E-state index in [4.69, 9.17) is 9.26 Å². The lowest BCUT2D eigenvalue weighted by Gasteiger charge is -2.36. The number of aryl methyl sites for hydroxylation is 2. The van der Waals surface area contributed by atoms with Crippen molar-refractivity contribution in [2.75, 3.05) is 43.9 Å². The zero-order valence-electron chi connectivity index (χ0n) is 20.6. The molecule has 0 radical (unpaired) electrons. The number of hydrogen-bond acceptors (Lipinski definition) is 7. The van der Waals surface area contributed by atoms with Crippen LogP contribution in [0.25, 0.3) is 11.3 Å². The van der Waals surface area contributed by atoms with E-state index in [0.717, 1.165) is 22.7 Å². The van der Waals surface area contributed by atoms with Crippen molar-refractivity contribution in [1.82, 2.24) is 10.1 Å². The van der Waals surface area contributed by atoms with Crippen LogP contribution in [0, 0.1) is 20.8 Å². The first-order valence-electron chi connectivity index (χ1n) is 11.6. The van der Waals surface area contributed by atoms with Gasteiger partial charge in [-0.3, -0.25) is 4.79 Å². The van der Waals surface area contributed by atoms with Crippen molar-refractivity contribution in [3.05, 3.63) is 59.3 Å². The maximum Gasteiger partial charge on any atom is 0.223 e. The van der Waals surface area contributed by atoms with Crippen LogP contribution in [0.15, 0.2) is 51.9 Å². The lowest BCUT2D eigenvalue weighted by Crippen LogP contribution is -2.49. The summed E-state index contributed by atoms with van der Waals surface area (Å²) in [5.74, 6) is 0.971. The van der Waals surface area contributed by atoms with Crippen molar-refractivity contribution in [3.63, 3.8) is 0 Å². The molecule has 0 bridgehead atoms. The van der Waals surface area contributed by atoms with Crippen molar-refractivity contribution in [2.24, 2.45) is 0 Å². The van der Waals surface area contributed by atoms with E-state index < -0.39 is 9.84 Å². The Morgan fingerprint density at radius 1 is 1.06 bits per heavy atom. The molecule has 2 aromatic carbocycles. The Morgan fingerprint density at radius 2 is 1.80 bits per heavy atom. The highest BCUT2D eigenvalue weighted by molar-refractivity contribution is 7.91. The molecule has 2 heterocycles. The number of aromatic nitrogens is 1. The summed E-state index contributed by atoms with van der Waals surface area (Å²) in [4.78, 5) is 17.0. The van der Waals surface area contributed by atoms with Crippen molar-refractivity contribution in [1.29, 1.82) is 0 Å². The van der Waals surface area contributed by atoms with Gasteiger partial charge in [-0.2, -0.15) is 0 Å². The lowest BCUT2D eigenvalue weighted by molar-refractivity contribution is -0.131. The number of carbonyl (C=O) groups is 1. The van der Waals surface area contributed by atoms with Crippen molar-refractivity contribution >= 4 is 21.4 Å². The number of piperazine rings is 1. The fourth-order valence-corrected chi connectivity index (χ4v) is 5.80. The van der Waals surface area contributed by atoms with E-state index in [-0.39, 0.29) is 23.0 Å². The Labute approximate surface area is 206 Å². The third-order valence-corrected chi connectivity index (χ3v) is 8.43. The number of benzene rings is 2. The van der Waals surface area contributed by atoms with E-state index in [1.54, 1.807) is 31.1 Å². The molecule has 1 aromatic heterocycles. The number of sulfone groups is 1. The Balaban J connectivity index is 1.39. The smallest absolute Gasteiger partial charge is 0.223 e. The molecule has 9 heteroatoms. The van der Waals surface area contributed by atoms with Gasteiger partial charge >= 0.3 is 0 Å². The van der Waals surface area contributed by atoms with Gasteiger partial charge in [-0.05, 0) is 44.5 Å². The molecule has 1 amide bonds. The van der Waals surface area contributed by atoms with Gasteiger partial charge in [0.15, 0.2) is 15.6 Å². The molecule has 0 atom stereocenters. The highest BCUT2D eigenvalue weighted by Gasteiger charge is 2.25. The number of rotatable bonds is 7. The number of amides is 1. The van der Waals surface area contributed by atoms with Crippen LogP contribution in [-0.2, 0) is 14.6 Å². The summed E-state index contributed by atoms with van der Waals surface area (Å²) in [5, 5.41) is 3.97. The van der Waals surface area contributed by atoms with Crippen LogP contribution < -0.4 is 9.64 Å². The minimum absolute atomic E-state index is 0.0500. The second-order valence-electron chi connectivity index (χ2n) is 8.84. The van der Waals surface area contributed by atoms with Gasteiger partial charge in [-0.25, -0.2) is 8.42 Å². The quantitative estimate of drug-likeness (QED) is 0.490. The molecule has 0 spiro atoms. The van der Waals surface area contributed by atoms with Crippen LogP contribution in [0.2, 0.25) is 0 Å². The lowest BCUT2D eigenvalue weighted by atomic mass is 10.1. The molecular formula is C26H31N3O5S. The molecule has 0 aliphatic carbocycles. The SMILES string of the molecule is COc1cccc(N2CCN(C(=O)CCS(=O)(=O)c3cc(-c4onc(C)c4C)ccc3C)CC2)c1. The molecule has 186 valence electrons. The van der Waals surface area contributed by atoms with Crippen LogP contribution in [0.4, 0.5) is 5.69 Å². The van der Waals surface area contributed by atoms with Gasteiger partial charge in [0.25, 0.3) is 0 Å². The molecular weight excluding hydrogens is 466 g/mol. The fraction of sp³-hybridized carbons (Fsp3) is 0.385. The summed E-state index contributed by atoms with van der Waals surface area (Å²) >= 11 is 0. The summed E-state index contributed by atoms with van der Waals surface area (Å²) in [6, 6.07) is 13.0. The van der Waals surface area contributed by atoms with Crippen molar-refractivity contribution in [3.8, 4) is 17.1 Å². The number of nitrogens with zero attached hydrogens (tertiary/aromatic N) is 3. The number of carbonyl (C=O) groups excluding carboxylic acids is 1. The molecule has 1 aliphatic rings. The minimum atomic E-state index is -3.66. The Bertz CT molecular complexity index is 1320. The summed E-state index contributed by atoms with van der Waals surface area (Å²) in [6.07, 6.45) is -0.0500. The molecule has 1 saturated heterocycles. The van der Waals surface area contributed by atoms with E-state index >= 15 is 0 Å². The first-order chi connectivity index (χ1) is 16.7. The predicted molar refractivity (Wildman–Crippen MR) is 135 cm³/mol. The monoisotopic (exact) mass is 497 g/mol. The third kappa shape index (κ3) is 5.35. The minimum Gasteiger partial charge on any atom is -0.497 e. The van der Waals surface area contributed by atoms with Gasteiger partial charge in [0.2, 0.25) is 5.91 Å². The second-order valence-corrected chi connectivity index (χ2v) is 10.9. The van der Waals surface area contributed by atoms with E-state index in [1.807, 2.05) is 44.2 Å². The zero-order valence-corrected chi connectivity index (χ0v) is 21.4. The van der Waals surface area contributed by atoms with E-state index in [1.165, 1.54) is 0 Å². The molecule has 35 heavy (non-hydrogen) atoms. The van der Waals surface area contributed by atoms with Gasteiger partial charge in [0, 0.05) is 55.5 Å². The number of methoxy groups -OCH3 is 1. The first kappa shape index (κ1) is 24.8. The van der Waals surface area contributed by atoms with E-state index in [2.05, 4.69) is 10.1 Å². The van der Waals surface area contributed by atoms with Crippen LogP contribution in [0.3, 0.4) is 0 Å². The van der Waals surface area contributed by atoms with E-state index in [0.29, 0.717) is 43.1 Å². The van der Waals surface area contributed by atoms with Gasteiger partial charge in [-0.1, -0.05) is 23.4 Å². The number of hydrogen-bond donors (Lipinski definition) is 0. The maximum atomic E-state index is 13.2. The van der Waals surface area contributed by atoms with Gasteiger partial charge in [0.05, 0.1) is 23.5 Å². The molecule has 0 saturated carbocycles. The van der Waals surface area contributed by atoms with Crippen LogP contribution in [0.1, 0.15) is 23.2 Å². The molecule has 1 aliphatic heterocycles. The summed E-state index contributed by atoms with van der Waals surface area (Å²) in [5.41, 5.74) is 3.99. The molecule has 1 fully saturated rings. The highest BCUT2D eigenvalue weighted by Crippen LogP contribution is 2.30. The summed E-state index contributed by atoms with van der Waals surface area (Å²) in [6.45, 7) is 7.96. The molecule has 8 nitrogen and oxygen atoms in total. The molecule has 0 unspecified atom stereocenters. The third-order valence-electron chi connectivity index (χ3n) is 6.58. The fourth-order valence-electron chi connectivity index (χ4n) is 4.27. The largest absolute Gasteiger partial charge is 0.497 e. The van der Waals surface area contributed by atoms with Crippen molar-refractivity contribution < 1.29 is 22.5 Å². The summed E-state index contributed by atoms with van der Waals surface area (Å²) in [7, 11) is -2.02. The molecule has 0 N–H and O–H groups in total. The molecule has 4 rings (SSSR count). The maximum absolute atomic E-state index is 13.2.